The van der Waals surface area contributed by atoms with E-state index in [0.717, 1.165) is 11.0 Å². The number of methoxy groups -OCH3 is 1. The Labute approximate surface area is 146 Å². The number of thioether (sulfide) groups is 1. The minimum atomic E-state index is 0.124. The number of allylic oxidation sites excluding steroid dienone is 4. The van der Waals surface area contributed by atoms with E-state index in [9.17, 15) is 0 Å². The van der Waals surface area contributed by atoms with Crippen LogP contribution in [0.4, 0.5) is 0 Å². The van der Waals surface area contributed by atoms with Crippen LogP contribution in [0, 0.1) is 17.3 Å². The van der Waals surface area contributed by atoms with Crippen molar-refractivity contribution in [1.29, 1.82) is 0 Å². The standard InChI is InChI=1S/C20H31NOS/c1-14-11-17(22-5)18(19(2,3)12-14)16-7-9-20(16,4)21-10-8-15(13-21)23-6/h7,9,11-12,15-16,18H,8,10,13H2,1-6H3. The third-order valence-electron chi connectivity index (χ3n) is 6.15. The molecule has 3 rings (SSSR count). The van der Waals surface area contributed by atoms with E-state index < -0.39 is 0 Å². The van der Waals surface area contributed by atoms with E-state index in [1.807, 2.05) is 18.9 Å². The molecule has 0 aromatic rings. The van der Waals surface area contributed by atoms with Crippen LogP contribution in [0.1, 0.15) is 34.1 Å². The van der Waals surface area contributed by atoms with Gasteiger partial charge in [0.1, 0.15) is 5.76 Å². The van der Waals surface area contributed by atoms with Gasteiger partial charge in [0.15, 0.2) is 0 Å². The van der Waals surface area contributed by atoms with Crippen molar-refractivity contribution < 1.29 is 4.74 Å². The molecule has 0 saturated carbocycles. The van der Waals surface area contributed by atoms with E-state index in [1.165, 1.54) is 25.1 Å². The van der Waals surface area contributed by atoms with Crippen LogP contribution in [0.2, 0.25) is 0 Å². The van der Waals surface area contributed by atoms with E-state index in [1.54, 1.807) is 0 Å². The Kier molecular flexibility index (Phi) is 4.48. The summed E-state index contributed by atoms with van der Waals surface area (Å²) in [6.07, 6.45) is 13.1. The Balaban J connectivity index is 1.87. The Bertz CT molecular complexity index is 562. The second-order valence-electron chi connectivity index (χ2n) is 8.14. The molecule has 2 aliphatic carbocycles. The Morgan fingerprint density at radius 2 is 2.04 bits per heavy atom. The van der Waals surface area contributed by atoms with Crippen LogP contribution >= 0.6 is 11.8 Å². The number of hydrogen-bond acceptors (Lipinski definition) is 3. The first kappa shape index (κ1) is 17.2. The largest absolute Gasteiger partial charge is 0.501 e. The fourth-order valence-corrected chi connectivity index (χ4v) is 5.50. The summed E-state index contributed by atoms with van der Waals surface area (Å²) in [6.45, 7) is 11.7. The lowest BCUT2D eigenvalue weighted by Gasteiger charge is -2.54. The van der Waals surface area contributed by atoms with Crippen molar-refractivity contribution in [2.24, 2.45) is 17.3 Å². The van der Waals surface area contributed by atoms with Gasteiger partial charge in [0, 0.05) is 35.7 Å². The van der Waals surface area contributed by atoms with Crippen LogP contribution in [0.15, 0.2) is 35.6 Å². The summed E-state index contributed by atoms with van der Waals surface area (Å²) in [5, 5.41) is 0.792. The average molecular weight is 334 g/mol. The molecule has 2 nitrogen and oxygen atoms in total. The average Bonchev–Trinajstić information content (AvgIpc) is 2.96. The van der Waals surface area contributed by atoms with Gasteiger partial charge in [-0.1, -0.05) is 37.6 Å². The number of ether oxygens (including phenoxy) is 1. The zero-order valence-electron chi connectivity index (χ0n) is 15.4. The third-order valence-corrected chi connectivity index (χ3v) is 7.20. The molecule has 4 unspecified atom stereocenters. The molecule has 0 aromatic carbocycles. The summed E-state index contributed by atoms with van der Waals surface area (Å²) in [4.78, 5) is 2.70. The van der Waals surface area contributed by atoms with Gasteiger partial charge in [-0.3, -0.25) is 4.90 Å². The Hall–Kier alpha value is -0.670. The summed E-state index contributed by atoms with van der Waals surface area (Å²) in [6, 6.07) is 0. The first-order valence-electron chi connectivity index (χ1n) is 8.74. The lowest BCUT2D eigenvalue weighted by molar-refractivity contribution is 0.0368. The maximum absolute atomic E-state index is 5.83. The monoisotopic (exact) mass is 333 g/mol. The molecule has 0 radical (unpaired) electrons. The summed E-state index contributed by atoms with van der Waals surface area (Å²) >= 11 is 2.02. The molecule has 1 aliphatic heterocycles. The van der Waals surface area contributed by atoms with Crippen LogP contribution < -0.4 is 0 Å². The highest BCUT2D eigenvalue weighted by Crippen LogP contribution is 2.53. The highest BCUT2D eigenvalue weighted by Gasteiger charge is 2.52. The molecule has 3 aliphatic rings. The van der Waals surface area contributed by atoms with E-state index in [0.29, 0.717) is 11.8 Å². The predicted molar refractivity (Wildman–Crippen MR) is 101 cm³/mol. The molecule has 128 valence electrons. The number of rotatable bonds is 4. The molecule has 23 heavy (non-hydrogen) atoms. The van der Waals surface area contributed by atoms with Crippen molar-refractivity contribution in [3.05, 3.63) is 35.6 Å². The van der Waals surface area contributed by atoms with Crippen LogP contribution in [0.25, 0.3) is 0 Å². The van der Waals surface area contributed by atoms with Gasteiger partial charge in [-0.2, -0.15) is 11.8 Å². The minimum Gasteiger partial charge on any atom is -0.501 e. The van der Waals surface area contributed by atoms with Crippen LogP contribution in [0.3, 0.4) is 0 Å². The molecule has 0 amide bonds. The fraction of sp³-hybridized carbons (Fsp3) is 0.700. The molecule has 3 heteroatoms. The van der Waals surface area contributed by atoms with Crippen molar-refractivity contribution in [3.8, 4) is 0 Å². The van der Waals surface area contributed by atoms with Gasteiger partial charge < -0.3 is 4.74 Å². The van der Waals surface area contributed by atoms with Gasteiger partial charge in [-0.15, -0.1) is 0 Å². The SMILES string of the molecule is COC1=CC(C)=CC(C)(C)C1C1C=CC1(C)N1CCC(SC)C1. The number of likely N-dealkylation sites (tertiary alicyclic amines) is 1. The lowest BCUT2D eigenvalue weighted by Crippen LogP contribution is -2.58. The molecule has 0 spiro atoms. The molecule has 1 fully saturated rings. The summed E-state index contributed by atoms with van der Waals surface area (Å²) in [5.74, 6) is 2.09. The first-order chi connectivity index (χ1) is 10.8. The number of nitrogens with zero attached hydrogens (tertiary/aromatic N) is 1. The summed E-state index contributed by atoms with van der Waals surface area (Å²) in [5.41, 5.74) is 1.61. The molecular formula is C20H31NOS. The van der Waals surface area contributed by atoms with Gasteiger partial charge in [0.25, 0.3) is 0 Å². The molecule has 0 aromatic heterocycles. The van der Waals surface area contributed by atoms with E-state index in [2.05, 4.69) is 63.2 Å². The maximum Gasteiger partial charge on any atom is 0.100 e. The Morgan fingerprint density at radius 3 is 2.57 bits per heavy atom. The molecule has 4 atom stereocenters. The molecule has 0 N–H and O–H groups in total. The normalized spacial score (nSPS) is 39.7. The highest BCUT2D eigenvalue weighted by atomic mass is 32.2. The smallest absolute Gasteiger partial charge is 0.100 e. The zero-order valence-corrected chi connectivity index (χ0v) is 16.2. The summed E-state index contributed by atoms with van der Waals surface area (Å²) < 4.78 is 5.83. The fourth-order valence-electron chi connectivity index (χ4n) is 4.83. The topological polar surface area (TPSA) is 12.5 Å². The highest BCUT2D eigenvalue weighted by molar-refractivity contribution is 7.99. The second-order valence-corrected chi connectivity index (χ2v) is 9.28. The van der Waals surface area contributed by atoms with Crippen LogP contribution in [0.5, 0.6) is 0 Å². The van der Waals surface area contributed by atoms with E-state index in [4.69, 9.17) is 4.74 Å². The van der Waals surface area contributed by atoms with Crippen molar-refractivity contribution in [3.63, 3.8) is 0 Å². The van der Waals surface area contributed by atoms with Gasteiger partial charge >= 0.3 is 0 Å². The van der Waals surface area contributed by atoms with Gasteiger partial charge in [-0.25, -0.2) is 0 Å². The van der Waals surface area contributed by atoms with Crippen molar-refractivity contribution in [1.82, 2.24) is 4.90 Å². The van der Waals surface area contributed by atoms with Crippen molar-refractivity contribution in [2.75, 3.05) is 26.5 Å². The predicted octanol–water partition coefficient (Wildman–Crippen LogP) is 4.50. The van der Waals surface area contributed by atoms with Gasteiger partial charge in [-0.05, 0) is 38.0 Å². The quantitative estimate of drug-likeness (QED) is 0.703. The van der Waals surface area contributed by atoms with Crippen LogP contribution in [-0.4, -0.2) is 42.1 Å². The lowest BCUT2D eigenvalue weighted by atomic mass is 9.58. The minimum absolute atomic E-state index is 0.124. The first-order valence-corrected chi connectivity index (χ1v) is 10.0. The Morgan fingerprint density at radius 1 is 1.30 bits per heavy atom. The van der Waals surface area contributed by atoms with E-state index in [-0.39, 0.29) is 11.0 Å². The van der Waals surface area contributed by atoms with Gasteiger partial charge in [0.05, 0.1) is 7.11 Å². The summed E-state index contributed by atoms with van der Waals surface area (Å²) in [7, 11) is 1.83. The third kappa shape index (κ3) is 2.80. The van der Waals surface area contributed by atoms with Crippen molar-refractivity contribution >= 4 is 11.8 Å². The molecule has 1 heterocycles. The molecule has 0 bridgehead atoms. The van der Waals surface area contributed by atoms with Gasteiger partial charge in [0.2, 0.25) is 0 Å². The maximum atomic E-state index is 5.83. The van der Waals surface area contributed by atoms with E-state index >= 15 is 0 Å². The number of hydrogen-bond donors (Lipinski definition) is 0. The molecular weight excluding hydrogens is 302 g/mol. The zero-order chi connectivity index (χ0) is 16.8. The van der Waals surface area contributed by atoms with Crippen LogP contribution in [-0.2, 0) is 4.74 Å². The molecule has 1 saturated heterocycles. The second kappa shape index (κ2) is 6.00. The van der Waals surface area contributed by atoms with Crippen molar-refractivity contribution in [2.45, 2.75) is 44.9 Å².